The van der Waals surface area contributed by atoms with Gasteiger partial charge >= 0.3 is 0 Å². The topological polar surface area (TPSA) is 68.2 Å². The largest absolute Gasteiger partial charge is 0.511 e. The van der Waals surface area contributed by atoms with Gasteiger partial charge in [-0.05, 0) is 35.8 Å². The Hall–Kier alpha value is -2.58. The number of carbonyl (C=O) groups excluding carboxylic acids is 1. The van der Waals surface area contributed by atoms with E-state index in [1.54, 1.807) is 18.2 Å². The van der Waals surface area contributed by atoms with Crippen molar-refractivity contribution in [2.24, 2.45) is 4.99 Å². The lowest BCUT2D eigenvalue weighted by atomic mass is 9.83. The number of carbonyl (C=O) groups is 1. The van der Waals surface area contributed by atoms with Crippen molar-refractivity contribution < 1.29 is 14.3 Å². The summed E-state index contributed by atoms with van der Waals surface area (Å²) in [6.07, 6.45) is 3.94. The summed E-state index contributed by atoms with van der Waals surface area (Å²) < 4.78 is 13.1. The molecule has 1 aromatic carbocycles. The van der Waals surface area contributed by atoms with Gasteiger partial charge in [0.1, 0.15) is 11.6 Å². The number of rotatable bonds is 7. The van der Waals surface area contributed by atoms with E-state index in [-0.39, 0.29) is 23.3 Å². The molecule has 6 nitrogen and oxygen atoms in total. The number of hydrogen-bond acceptors (Lipinski definition) is 5. The molecule has 1 fully saturated rings. The zero-order chi connectivity index (χ0) is 22.2. The minimum absolute atomic E-state index is 0.0588. The van der Waals surface area contributed by atoms with Gasteiger partial charge in [-0.15, -0.1) is 6.58 Å². The summed E-state index contributed by atoms with van der Waals surface area (Å²) in [4.78, 5) is 21.3. The Balaban J connectivity index is 1.45. The van der Waals surface area contributed by atoms with Crippen LogP contribution in [0.1, 0.15) is 24.3 Å². The van der Waals surface area contributed by atoms with E-state index < -0.39 is 0 Å². The van der Waals surface area contributed by atoms with Crippen molar-refractivity contribution in [1.29, 1.82) is 0 Å². The number of hydrogen-bond donors (Lipinski definition) is 2. The molecule has 0 aromatic heterocycles. The van der Waals surface area contributed by atoms with E-state index in [1.165, 1.54) is 18.3 Å². The second-order valence-electron chi connectivity index (χ2n) is 7.78. The van der Waals surface area contributed by atoms with Crippen molar-refractivity contribution in [3.8, 4) is 0 Å². The third-order valence-corrected chi connectivity index (χ3v) is 6.05. The number of benzene rings is 1. The first-order chi connectivity index (χ1) is 15.0. The maximum Gasteiger partial charge on any atom is 0.169 e. The minimum atomic E-state index is -0.313. The monoisotopic (exact) mass is 444 g/mol. The standard InChI is InChI=1S/C23H29FN4O2S/c1-2-7-26-23(31)28-12-10-27(11-13-28)9-8-25-16-20-21(29)14-18(15-22(20)30)17-3-5-19(24)6-4-17/h2-6,16,18,29H,1,7-15H2,(H,26,31). The molecule has 0 spiro atoms. The van der Waals surface area contributed by atoms with E-state index in [9.17, 15) is 14.3 Å². The molecule has 3 rings (SSSR count). The number of nitrogens with zero attached hydrogens (tertiary/aromatic N) is 3. The third-order valence-electron chi connectivity index (χ3n) is 5.65. The number of allylic oxidation sites excluding steroid dienone is 2. The van der Waals surface area contributed by atoms with Crippen molar-refractivity contribution in [3.63, 3.8) is 0 Å². The average molecular weight is 445 g/mol. The molecule has 2 aliphatic rings. The van der Waals surface area contributed by atoms with E-state index in [2.05, 4.69) is 26.7 Å². The van der Waals surface area contributed by atoms with Gasteiger partial charge < -0.3 is 15.3 Å². The van der Waals surface area contributed by atoms with Crippen molar-refractivity contribution in [2.75, 3.05) is 45.8 Å². The third kappa shape index (κ3) is 6.45. The smallest absolute Gasteiger partial charge is 0.169 e. The summed E-state index contributed by atoms with van der Waals surface area (Å²) in [5.41, 5.74) is 1.15. The molecular weight excluding hydrogens is 415 g/mol. The van der Waals surface area contributed by atoms with Gasteiger partial charge in [0, 0.05) is 58.3 Å². The van der Waals surface area contributed by atoms with E-state index in [0.29, 0.717) is 31.5 Å². The number of aliphatic imine (C=N–C) groups is 1. The lowest BCUT2D eigenvalue weighted by Gasteiger charge is -2.35. The number of piperazine rings is 1. The second kappa shape index (κ2) is 11.2. The molecule has 8 heteroatoms. The highest BCUT2D eigenvalue weighted by Gasteiger charge is 2.27. The number of aliphatic hydroxyl groups is 1. The molecule has 1 heterocycles. The van der Waals surface area contributed by atoms with Gasteiger partial charge in [-0.3, -0.25) is 14.7 Å². The van der Waals surface area contributed by atoms with Crippen LogP contribution in [-0.4, -0.2) is 77.8 Å². The Kier molecular flexibility index (Phi) is 8.31. The average Bonchev–Trinajstić information content (AvgIpc) is 2.77. The molecule has 1 aliphatic carbocycles. The maximum atomic E-state index is 13.1. The fourth-order valence-electron chi connectivity index (χ4n) is 3.83. The summed E-state index contributed by atoms with van der Waals surface area (Å²) in [5, 5.41) is 14.3. The lowest BCUT2D eigenvalue weighted by molar-refractivity contribution is -0.116. The van der Waals surface area contributed by atoms with Crippen LogP contribution in [0.15, 0.2) is 53.2 Å². The number of Topliss-reactive ketones (excluding diaryl/α,β-unsaturated/α-hetero) is 1. The van der Waals surface area contributed by atoms with Gasteiger partial charge in [0.25, 0.3) is 0 Å². The SMILES string of the molecule is C=CCNC(=S)N1CCN(CCN=CC2=C(O)CC(c3ccc(F)cc3)CC2=O)CC1. The van der Waals surface area contributed by atoms with Crippen LogP contribution in [0.3, 0.4) is 0 Å². The van der Waals surface area contributed by atoms with Gasteiger partial charge in [0.15, 0.2) is 10.9 Å². The summed E-state index contributed by atoms with van der Waals surface area (Å²) >= 11 is 5.37. The Morgan fingerprint density at radius 2 is 1.97 bits per heavy atom. The Labute approximate surface area is 188 Å². The van der Waals surface area contributed by atoms with Crippen LogP contribution in [0, 0.1) is 5.82 Å². The van der Waals surface area contributed by atoms with Crippen molar-refractivity contribution in [2.45, 2.75) is 18.8 Å². The van der Waals surface area contributed by atoms with Crippen LogP contribution < -0.4 is 5.32 Å². The molecule has 0 amide bonds. The molecule has 1 aliphatic heterocycles. The van der Waals surface area contributed by atoms with Gasteiger partial charge in [-0.25, -0.2) is 4.39 Å². The molecule has 1 unspecified atom stereocenters. The van der Waals surface area contributed by atoms with Crippen molar-refractivity contribution in [3.05, 3.63) is 59.6 Å². The van der Waals surface area contributed by atoms with Crippen LogP contribution in [-0.2, 0) is 4.79 Å². The lowest BCUT2D eigenvalue weighted by Crippen LogP contribution is -2.52. The number of thiocarbonyl (C=S) groups is 1. The predicted molar refractivity (Wildman–Crippen MR) is 125 cm³/mol. The molecule has 0 saturated carbocycles. The van der Waals surface area contributed by atoms with E-state index >= 15 is 0 Å². The molecule has 1 aromatic rings. The normalized spacial score (nSPS) is 20.4. The quantitative estimate of drug-likeness (QED) is 0.383. The molecular formula is C23H29FN4O2S. The van der Waals surface area contributed by atoms with Crippen molar-refractivity contribution >= 4 is 29.3 Å². The molecule has 2 N–H and O–H groups in total. The Morgan fingerprint density at radius 1 is 1.26 bits per heavy atom. The first-order valence-corrected chi connectivity index (χ1v) is 11.0. The molecule has 0 bridgehead atoms. The highest BCUT2D eigenvalue weighted by atomic mass is 32.1. The van der Waals surface area contributed by atoms with Crippen LogP contribution >= 0.6 is 12.2 Å². The van der Waals surface area contributed by atoms with Gasteiger partial charge in [-0.1, -0.05) is 18.2 Å². The molecule has 0 radical (unpaired) electrons. The zero-order valence-electron chi connectivity index (χ0n) is 17.6. The summed E-state index contributed by atoms with van der Waals surface area (Å²) in [5.74, 6) is -0.514. The molecule has 31 heavy (non-hydrogen) atoms. The zero-order valence-corrected chi connectivity index (χ0v) is 18.4. The van der Waals surface area contributed by atoms with Crippen LogP contribution in [0.2, 0.25) is 0 Å². The van der Waals surface area contributed by atoms with Crippen molar-refractivity contribution in [1.82, 2.24) is 15.1 Å². The highest BCUT2D eigenvalue weighted by Crippen LogP contribution is 2.33. The summed E-state index contributed by atoms with van der Waals surface area (Å²) in [6, 6.07) is 6.09. The van der Waals surface area contributed by atoms with Gasteiger partial charge in [0.05, 0.1) is 12.1 Å². The first kappa shape index (κ1) is 23.1. The summed E-state index contributed by atoms with van der Waals surface area (Å²) in [6.45, 7) is 9.22. The number of ketones is 1. The van der Waals surface area contributed by atoms with Gasteiger partial charge in [-0.2, -0.15) is 0 Å². The molecule has 1 atom stereocenters. The van der Waals surface area contributed by atoms with Crippen LogP contribution in [0.5, 0.6) is 0 Å². The highest BCUT2D eigenvalue weighted by molar-refractivity contribution is 7.80. The second-order valence-corrected chi connectivity index (χ2v) is 8.17. The van der Waals surface area contributed by atoms with E-state index in [4.69, 9.17) is 12.2 Å². The van der Waals surface area contributed by atoms with Gasteiger partial charge in [0.2, 0.25) is 0 Å². The maximum absolute atomic E-state index is 13.1. The predicted octanol–water partition coefficient (Wildman–Crippen LogP) is 2.83. The Bertz CT molecular complexity index is 861. The fraction of sp³-hybridized carbons (Fsp3) is 0.435. The fourth-order valence-corrected chi connectivity index (χ4v) is 4.09. The first-order valence-electron chi connectivity index (χ1n) is 10.5. The Morgan fingerprint density at radius 3 is 2.61 bits per heavy atom. The summed E-state index contributed by atoms with van der Waals surface area (Å²) in [7, 11) is 0. The molecule has 1 saturated heterocycles. The molecule has 166 valence electrons. The number of nitrogens with one attached hydrogen (secondary N) is 1. The number of aliphatic hydroxyl groups excluding tert-OH is 1. The number of halogens is 1. The van der Waals surface area contributed by atoms with Crippen LogP contribution in [0.25, 0.3) is 0 Å². The van der Waals surface area contributed by atoms with E-state index in [0.717, 1.165) is 43.4 Å². The van der Waals surface area contributed by atoms with Crippen LogP contribution in [0.4, 0.5) is 4.39 Å². The minimum Gasteiger partial charge on any atom is -0.511 e. The van der Waals surface area contributed by atoms with E-state index in [1.807, 2.05) is 0 Å².